The van der Waals surface area contributed by atoms with Crippen molar-refractivity contribution < 1.29 is 9.47 Å². The van der Waals surface area contributed by atoms with E-state index in [9.17, 15) is 0 Å². The molecule has 134 valence electrons. The molecule has 0 aliphatic carbocycles. The first-order valence-corrected chi connectivity index (χ1v) is 19.4. The van der Waals surface area contributed by atoms with Crippen LogP contribution >= 0.6 is 41.2 Å². The molecule has 8 heteroatoms. The van der Waals surface area contributed by atoms with Gasteiger partial charge in [0.05, 0.1) is 17.6 Å². The first kappa shape index (κ1) is 23.8. The summed E-state index contributed by atoms with van der Waals surface area (Å²) in [5, 5.41) is 0. The highest BCUT2D eigenvalue weighted by molar-refractivity contribution is 9.26. The predicted molar refractivity (Wildman–Crippen MR) is 118 cm³/mol. The normalized spacial score (nSPS) is 14.7. The van der Waals surface area contributed by atoms with Gasteiger partial charge in [0.1, 0.15) is 0 Å². The monoisotopic (exact) mass is 418 g/mol. The van der Waals surface area contributed by atoms with Crippen LogP contribution in [0, 0.1) is 0 Å². The molecule has 0 aliphatic rings. The minimum absolute atomic E-state index is 0.554. The molecule has 0 aromatic rings. The first-order valence-electron chi connectivity index (χ1n) is 8.33. The van der Waals surface area contributed by atoms with Crippen LogP contribution in [-0.2, 0) is 9.47 Å². The van der Waals surface area contributed by atoms with E-state index in [4.69, 9.17) is 9.47 Å². The minimum atomic E-state index is -0.668. The highest BCUT2D eigenvalue weighted by Crippen LogP contribution is 2.43. The molecule has 0 bridgehead atoms. The maximum Gasteiger partial charge on any atom is 0.0656 e. The van der Waals surface area contributed by atoms with Gasteiger partial charge < -0.3 is 9.47 Å². The van der Waals surface area contributed by atoms with Crippen LogP contribution in [0.5, 0.6) is 0 Å². The van der Waals surface area contributed by atoms with Gasteiger partial charge in [-0.1, -0.05) is 47.8 Å². The maximum atomic E-state index is 5.84. The van der Waals surface area contributed by atoms with E-state index < -0.39 is 17.6 Å². The zero-order chi connectivity index (χ0) is 16.8. The van der Waals surface area contributed by atoms with Crippen molar-refractivity contribution in [1.82, 2.24) is 0 Å². The second kappa shape index (κ2) is 16.2. The molecule has 0 saturated carbocycles. The van der Waals surface area contributed by atoms with Gasteiger partial charge in [-0.05, 0) is 46.3 Å². The highest BCUT2D eigenvalue weighted by Gasteiger charge is 2.15. The summed E-state index contributed by atoms with van der Waals surface area (Å²) in [6.07, 6.45) is 2.43. The number of rotatable bonds is 15. The molecule has 0 amide bonds. The fraction of sp³-hybridized carbons (Fsp3) is 1.00. The molecule has 22 heavy (non-hydrogen) atoms. The summed E-state index contributed by atoms with van der Waals surface area (Å²) < 4.78 is 11.7. The molecule has 0 aromatic carbocycles. The number of hydrogen-bond acceptors (Lipinski definition) is 6. The van der Waals surface area contributed by atoms with Gasteiger partial charge in [-0.3, -0.25) is 0 Å². The van der Waals surface area contributed by atoms with Gasteiger partial charge in [0.15, 0.2) is 0 Å². The van der Waals surface area contributed by atoms with Gasteiger partial charge in [0, 0.05) is 36.2 Å². The molecular formula is C14H34O2S4Si2. The molecule has 2 unspecified atom stereocenters. The van der Waals surface area contributed by atoms with Gasteiger partial charge in [0.2, 0.25) is 0 Å². The SMILES string of the molecule is CCOC(CCSSSSCCC(OCC)[SiH](C)C)[SiH](C)C. The average Bonchev–Trinajstić information content (AvgIpc) is 2.47. The number of hydrogen-bond donors (Lipinski definition) is 0. The Morgan fingerprint density at radius 1 is 0.727 bits per heavy atom. The molecule has 0 aliphatic heterocycles. The van der Waals surface area contributed by atoms with Crippen LogP contribution in [-0.4, -0.2) is 53.8 Å². The molecule has 0 aromatic heterocycles. The molecular weight excluding hydrogens is 385 g/mol. The topological polar surface area (TPSA) is 18.5 Å². The van der Waals surface area contributed by atoms with Crippen LogP contribution < -0.4 is 0 Å². The zero-order valence-corrected chi connectivity index (χ0v) is 20.6. The van der Waals surface area contributed by atoms with E-state index >= 15 is 0 Å². The Morgan fingerprint density at radius 3 is 1.36 bits per heavy atom. The van der Waals surface area contributed by atoms with Gasteiger partial charge in [-0.25, -0.2) is 0 Å². The van der Waals surface area contributed by atoms with Crippen LogP contribution in [0.4, 0.5) is 0 Å². The van der Waals surface area contributed by atoms with Crippen LogP contribution in [0.1, 0.15) is 26.7 Å². The molecule has 0 radical (unpaired) electrons. The fourth-order valence-corrected chi connectivity index (χ4v) is 11.5. The van der Waals surface area contributed by atoms with Crippen LogP contribution in [0.15, 0.2) is 0 Å². The summed E-state index contributed by atoms with van der Waals surface area (Å²) in [4.78, 5) is 0. The van der Waals surface area contributed by atoms with Crippen LogP contribution in [0.3, 0.4) is 0 Å². The Bertz CT molecular complexity index is 225. The molecule has 2 nitrogen and oxygen atoms in total. The Hall–Kier alpha value is 1.75. The lowest BCUT2D eigenvalue weighted by Gasteiger charge is -2.19. The third-order valence-corrected chi connectivity index (χ3v) is 13.9. The minimum Gasteiger partial charge on any atom is -0.382 e. The maximum absolute atomic E-state index is 5.84. The van der Waals surface area contributed by atoms with E-state index in [0.717, 1.165) is 13.2 Å². The first-order chi connectivity index (χ1) is 10.5. The lowest BCUT2D eigenvalue weighted by Crippen LogP contribution is -2.28. The Labute approximate surface area is 156 Å². The van der Waals surface area contributed by atoms with Gasteiger partial charge in [0.25, 0.3) is 0 Å². The van der Waals surface area contributed by atoms with E-state index in [1.54, 1.807) is 0 Å². The lowest BCUT2D eigenvalue weighted by molar-refractivity contribution is 0.113. The largest absolute Gasteiger partial charge is 0.382 e. The lowest BCUT2D eigenvalue weighted by atomic mass is 10.5. The standard InChI is InChI=1S/C14H34O2S4Si2/c1-7-15-13(21(3)4)9-11-17-19-20-18-12-10-14(16-8-2)22(5)6/h13-14,21-22H,7-12H2,1-6H3. The predicted octanol–water partition coefficient (Wildman–Crippen LogP) is 5.31. The van der Waals surface area contributed by atoms with Crippen molar-refractivity contribution in [2.45, 2.75) is 64.3 Å². The van der Waals surface area contributed by atoms with Crippen molar-refractivity contribution in [3.05, 3.63) is 0 Å². The van der Waals surface area contributed by atoms with Crippen molar-refractivity contribution in [2.24, 2.45) is 0 Å². The van der Waals surface area contributed by atoms with Crippen molar-refractivity contribution in [3.8, 4) is 0 Å². The summed E-state index contributed by atoms with van der Waals surface area (Å²) in [6.45, 7) is 15.5. The van der Waals surface area contributed by atoms with Gasteiger partial charge in [-0.2, -0.15) is 0 Å². The molecule has 0 spiro atoms. The summed E-state index contributed by atoms with van der Waals surface area (Å²) in [7, 11) is 6.47. The quantitative estimate of drug-likeness (QED) is 0.202. The smallest absolute Gasteiger partial charge is 0.0656 e. The molecule has 0 heterocycles. The zero-order valence-electron chi connectivity index (χ0n) is 15.0. The van der Waals surface area contributed by atoms with Gasteiger partial charge >= 0.3 is 0 Å². The van der Waals surface area contributed by atoms with E-state index in [0.29, 0.717) is 11.5 Å². The summed E-state index contributed by atoms with van der Waals surface area (Å²) in [6, 6.07) is 0. The van der Waals surface area contributed by atoms with Crippen molar-refractivity contribution in [3.63, 3.8) is 0 Å². The second-order valence-electron chi connectivity index (χ2n) is 5.83. The second-order valence-corrected chi connectivity index (χ2v) is 18.5. The van der Waals surface area contributed by atoms with E-state index in [1.807, 2.05) is 41.2 Å². The van der Waals surface area contributed by atoms with Crippen LogP contribution in [0.2, 0.25) is 26.2 Å². The fourth-order valence-electron chi connectivity index (χ4n) is 2.08. The number of ether oxygens (including phenoxy) is 2. The Morgan fingerprint density at radius 2 is 1.09 bits per heavy atom. The van der Waals surface area contributed by atoms with Gasteiger partial charge in [-0.15, -0.1) is 0 Å². The molecule has 0 N–H and O–H groups in total. The van der Waals surface area contributed by atoms with Crippen molar-refractivity contribution in [2.75, 3.05) is 24.7 Å². The third-order valence-electron chi connectivity index (χ3n) is 3.34. The highest BCUT2D eigenvalue weighted by atomic mass is 33.7. The van der Waals surface area contributed by atoms with E-state index in [-0.39, 0.29) is 0 Å². The summed E-state index contributed by atoms with van der Waals surface area (Å²) in [5.74, 6) is 2.41. The molecule has 0 rings (SSSR count). The summed E-state index contributed by atoms with van der Waals surface area (Å²) >= 11 is 0. The average molecular weight is 419 g/mol. The van der Waals surface area contributed by atoms with E-state index in [2.05, 4.69) is 40.0 Å². The Balaban J connectivity index is 3.53. The van der Waals surface area contributed by atoms with Crippen LogP contribution in [0.25, 0.3) is 0 Å². The summed E-state index contributed by atoms with van der Waals surface area (Å²) in [5.41, 5.74) is 1.11. The molecule has 0 fully saturated rings. The third kappa shape index (κ3) is 13.1. The van der Waals surface area contributed by atoms with E-state index in [1.165, 1.54) is 24.3 Å². The Kier molecular flexibility index (Phi) is 17.5. The van der Waals surface area contributed by atoms with Crippen molar-refractivity contribution >= 4 is 58.8 Å². The van der Waals surface area contributed by atoms with Crippen molar-refractivity contribution in [1.29, 1.82) is 0 Å². The molecule has 2 atom stereocenters. The molecule has 0 saturated heterocycles.